The summed E-state index contributed by atoms with van der Waals surface area (Å²) in [5.41, 5.74) is 1.02. The molecular weight excluding hydrogens is 450 g/mol. The van der Waals surface area contributed by atoms with Gasteiger partial charge >= 0.3 is 0 Å². The topological polar surface area (TPSA) is 107 Å². The number of carbonyl (C=O) groups excluding carboxylic acids is 1. The summed E-state index contributed by atoms with van der Waals surface area (Å²) in [6, 6.07) is 7.58. The zero-order valence-corrected chi connectivity index (χ0v) is 19.9. The lowest BCUT2D eigenvalue weighted by molar-refractivity contribution is -0.133. The predicted octanol–water partition coefficient (Wildman–Crippen LogP) is 2.17. The Hall–Kier alpha value is -2.14. The molecule has 2 aromatic rings. The Balaban J connectivity index is 1.42. The molecule has 0 radical (unpaired) electrons. The fraction of sp³-hybridized carbons (Fsp3) is 0.619. The van der Waals surface area contributed by atoms with E-state index in [1.165, 1.54) is 18.2 Å². The van der Waals surface area contributed by atoms with Crippen molar-refractivity contribution in [2.75, 3.05) is 24.4 Å². The second-order valence-corrected chi connectivity index (χ2v) is 11.6. The normalized spacial score (nSPS) is 20.8. The molecule has 32 heavy (non-hydrogen) atoms. The summed E-state index contributed by atoms with van der Waals surface area (Å²) < 4.78 is 31.0. The predicted molar refractivity (Wildman–Crippen MR) is 121 cm³/mol. The van der Waals surface area contributed by atoms with Crippen molar-refractivity contribution in [3.63, 3.8) is 0 Å². The van der Waals surface area contributed by atoms with Crippen LogP contribution in [0.15, 0.2) is 29.4 Å². The first-order valence-electron chi connectivity index (χ1n) is 11.0. The van der Waals surface area contributed by atoms with Crippen molar-refractivity contribution in [1.29, 1.82) is 0 Å². The maximum absolute atomic E-state index is 13.3. The molecule has 2 aliphatic rings. The first kappa shape index (κ1) is 23.0. The van der Waals surface area contributed by atoms with E-state index in [1.807, 2.05) is 29.2 Å². The molecule has 4 rings (SSSR count). The van der Waals surface area contributed by atoms with E-state index in [4.69, 9.17) is 4.74 Å². The van der Waals surface area contributed by atoms with Gasteiger partial charge in [-0.2, -0.15) is 0 Å². The molecule has 1 aliphatic carbocycles. The molecule has 11 heteroatoms. The number of benzene rings is 1. The van der Waals surface area contributed by atoms with Crippen LogP contribution in [0.5, 0.6) is 5.75 Å². The number of thioether (sulfide) groups is 1. The van der Waals surface area contributed by atoms with Crippen LogP contribution in [-0.2, 0) is 21.2 Å². The molecule has 0 N–H and O–H groups in total. The highest BCUT2D eigenvalue weighted by Gasteiger charge is 2.38. The molecule has 1 amide bonds. The molecule has 1 saturated heterocycles. The highest BCUT2D eigenvalue weighted by molar-refractivity contribution is 7.99. The summed E-state index contributed by atoms with van der Waals surface area (Å²) in [4.78, 5) is 15.2. The third-order valence-electron chi connectivity index (χ3n) is 6.17. The van der Waals surface area contributed by atoms with Crippen LogP contribution in [-0.4, -0.2) is 75.9 Å². The maximum atomic E-state index is 13.3. The number of hydrogen-bond donors (Lipinski definition) is 0. The number of carbonyl (C=O) groups is 1. The lowest BCUT2D eigenvalue weighted by Gasteiger charge is -2.38. The van der Waals surface area contributed by atoms with Gasteiger partial charge in [0.25, 0.3) is 0 Å². The third-order valence-corrected chi connectivity index (χ3v) is 8.87. The van der Waals surface area contributed by atoms with Gasteiger partial charge in [-0.3, -0.25) is 4.79 Å². The lowest BCUT2D eigenvalue weighted by atomic mass is 9.93. The monoisotopic (exact) mass is 479 g/mol. The van der Waals surface area contributed by atoms with Gasteiger partial charge < -0.3 is 9.64 Å². The summed E-state index contributed by atoms with van der Waals surface area (Å²) in [5, 5.41) is 12.5. The highest BCUT2D eigenvalue weighted by Crippen LogP contribution is 2.29. The Labute approximate surface area is 192 Å². The first-order valence-corrected chi connectivity index (χ1v) is 13.8. The van der Waals surface area contributed by atoms with E-state index in [2.05, 4.69) is 15.5 Å². The van der Waals surface area contributed by atoms with Crippen molar-refractivity contribution in [2.45, 2.75) is 62.3 Å². The first-order chi connectivity index (χ1) is 15.4. The fourth-order valence-corrected chi connectivity index (χ4v) is 7.02. The smallest absolute Gasteiger partial charge is 0.233 e. The molecule has 174 valence electrons. The molecule has 1 aromatic heterocycles. The molecule has 0 unspecified atom stereocenters. The number of nitrogens with zero attached hydrogens (tertiary/aromatic N) is 5. The van der Waals surface area contributed by atoms with Gasteiger partial charge in [-0.1, -0.05) is 43.2 Å². The van der Waals surface area contributed by atoms with Crippen LogP contribution in [0.25, 0.3) is 0 Å². The molecule has 0 spiro atoms. The number of amides is 1. The van der Waals surface area contributed by atoms with Crippen molar-refractivity contribution in [3.05, 3.63) is 29.8 Å². The third kappa shape index (κ3) is 5.61. The van der Waals surface area contributed by atoms with E-state index in [1.54, 1.807) is 11.8 Å². The van der Waals surface area contributed by atoms with Crippen LogP contribution in [0.4, 0.5) is 0 Å². The summed E-state index contributed by atoms with van der Waals surface area (Å²) in [5.74, 6) is 1.19. The Morgan fingerprint density at radius 2 is 1.91 bits per heavy atom. The minimum atomic E-state index is -3.06. The van der Waals surface area contributed by atoms with Crippen LogP contribution < -0.4 is 4.74 Å². The van der Waals surface area contributed by atoms with Gasteiger partial charge in [0, 0.05) is 12.1 Å². The summed E-state index contributed by atoms with van der Waals surface area (Å²) >= 11 is 1.30. The molecular formula is C21H29N5O4S2. The van der Waals surface area contributed by atoms with Gasteiger partial charge in [-0.25, -0.2) is 13.1 Å². The zero-order chi connectivity index (χ0) is 22.6. The standard InChI is InChI=1S/C21H29N5O4S2/c1-30-19-9-7-16(8-10-19)13-25-21(22-23-24-25)31-14-20(27)26(17-5-3-2-4-6-17)18-11-12-32(28,29)15-18/h7-10,17-18H,2-6,11-15H2,1H3/t18-/m0/s1. The van der Waals surface area contributed by atoms with E-state index in [0.717, 1.165) is 37.0 Å². The quantitative estimate of drug-likeness (QED) is 0.530. The second-order valence-electron chi connectivity index (χ2n) is 8.41. The highest BCUT2D eigenvalue weighted by atomic mass is 32.2. The second kappa shape index (κ2) is 10.2. The molecule has 9 nitrogen and oxygen atoms in total. The van der Waals surface area contributed by atoms with Crippen LogP contribution in [0.1, 0.15) is 44.1 Å². The number of hydrogen-bond acceptors (Lipinski definition) is 8. The summed E-state index contributed by atoms with van der Waals surface area (Å²) in [6.45, 7) is 0.487. The summed E-state index contributed by atoms with van der Waals surface area (Å²) in [6.07, 6.45) is 5.77. The minimum Gasteiger partial charge on any atom is -0.497 e. The molecule has 1 saturated carbocycles. The Morgan fingerprint density at radius 1 is 1.16 bits per heavy atom. The number of ether oxygens (including phenoxy) is 1. The molecule has 1 atom stereocenters. The van der Waals surface area contributed by atoms with Gasteiger partial charge in [0.15, 0.2) is 9.84 Å². The molecule has 1 aromatic carbocycles. The number of sulfone groups is 1. The average molecular weight is 480 g/mol. The van der Waals surface area contributed by atoms with Gasteiger partial charge in [-0.15, -0.1) is 5.10 Å². The van der Waals surface area contributed by atoms with Gasteiger partial charge in [0.2, 0.25) is 11.1 Å². The van der Waals surface area contributed by atoms with Crippen molar-refractivity contribution >= 4 is 27.5 Å². The maximum Gasteiger partial charge on any atom is 0.233 e. The van der Waals surface area contributed by atoms with E-state index in [0.29, 0.717) is 18.1 Å². The fourth-order valence-electron chi connectivity index (χ4n) is 4.56. The Morgan fingerprint density at radius 3 is 2.56 bits per heavy atom. The van der Waals surface area contributed by atoms with Crippen molar-refractivity contribution in [1.82, 2.24) is 25.1 Å². The van der Waals surface area contributed by atoms with Crippen LogP contribution in [0, 0.1) is 0 Å². The van der Waals surface area contributed by atoms with E-state index in [-0.39, 0.29) is 35.2 Å². The van der Waals surface area contributed by atoms with Crippen LogP contribution >= 0.6 is 11.8 Å². The number of rotatable bonds is 8. The minimum absolute atomic E-state index is 0.0250. The van der Waals surface area contributed by atoms with Crippen molar-refractivity contribution < 1.29 is 17.9 Å². The van der Waals surface area contributed by atoms with Crippen molar-refractivity contribution in [2.24, 2.45) is 0 Å². The van der Waals surface area contributed by atoms with Gasteiger partial charge in [0.05, 0.1) is 30.9 Å². The van der Waals surface area contributed by atoms with Crippen LogP contribution in [0.2, 0.25) is 0 Å². The van der Waals surface area contributed by atoms with E-state index < -0.39 is 9.84 Å². The Bertz CT molecular complexity index is 1020. The Kier molecular flexibility index (Phi) is 7.34. The number of methoxy groups -OCH3 is 1. The van der Waals surface area contributed by atoms with Gasteiger partial charge in [-0.05, 0) is 47.4 Å². The van der Waals surface area contributed by atoms with E-state index in [9.17, 15) is 13.2 Å². The summed E-state index contributed by atoms with van der Waals surface area (Å²) in [7, 11) is -1.44. The molecule has 0 bridgehead atoms. The number of tetrazole rings is 1. The molecule has 1 aliphatic heterocycles. The van der Waals surface area contributed by atoms with Gasteiger partial charge in [0.1, 0.15) is 5.75 Å². The largest absolute Gasteiger partial charge is 0.497 e. The van der Waals surface area contributed by atoms with E-state index >= 15 is 0 Å². The SMILES string of the molecule is COc1ccc(Cn2nnnc2SCC(=O)N(C2CCCCC2)[C@H]2CCS(=O)(=O)C2)cc1. The van der Waals surface area contributed by atoms with Crippen LogP contribution in [0.3, 0.4) is 0 Å². The zero-order valence-electron chi connectivity index (χ0n) is 18.2. The average Bonchev–Trinajstić information content (AvgIpc) is 3.39. The molecule has 2 heterocycles. The van der Waals surface area contributed by atoms with Crippen molar-refractivity contribution in [3.8, 4) is 5.75 Å². The lowest BCUT2D eigenvalue weighted by Crippen LogP contribution is -2.49. The number of aromatic nitrogens is 4. The molecule has 2 fully saturated rings.